The van der Waals surface area contributed by atoms with Crippen LogP contribution in [0.1, 0.15) is 18.4 Å². The lowest BCUT2D eigenvalue weighted by Crippen LogP contribution is -2.43. The minimum absolute atomic E-state index is 0.168. The summed E-state index contributed by atoms with van der Waals surface area (Å²) in [4.78, 5) is 0. The molecule has 0 amide bonds. The highest BCUT2D eigenvalue weighted by atomic mass is 79.9. The van der Waals surface area contributed by atoms with Gasteiger partial charge in [-0.05, 0) is 31.0 Å². The Kier molecular flexibility index (Phi) is 2.94. The van der Waals surface area contributed by atoms with E-state index in [1.54, 1.807) is 6.07 Å². The Morgan fingerprint density at radius 1 is 1.47 bits per heavy atom. The molecule has 15 heavy (non-hydrogen) atoms. The number of nitrogens with two attached hydrogens (primary N) is 1. The van der Waals surface area contributed by atoms with Crippen molar-refractivity contribution in [3.63, 3.8) is 0 Å². The molecule has 0 unspecified atom stereocenters. The summed E-state index contributed by atoms with van der Waals surface area (Å²) in [5, 5.41) is 8.89. The van der Waals surface area contributed by atoms with E-state index in [1.165, 1.54) is 0 Å². The van der Waals surface area contributed by atoms with Gasteiger partial charge in [0.2, 0.25) is 0 Å². The average molecular weight is 267 g/mol. The second kappa shape index (κ2) is 4.21. The van der Waals surface area contributed by atoms with Crippen molar-refractivity contribution in [1.82, 2.24) is 0 Å². The number of benzene rings is 1. The lowest BCUT2D eigenvalue weighted by Gasteiger charge is -2.32. The monoisotopic (exact) mass is 266 g/mol. The molecule has 2 N–H and O–H groups in total. The van der Waals surface area contributed by atoms with E-state index in [0.717, 1.165) is 17.3 Å². The zero-order valence-electron chi connectivity index (χ0n) is 8.11. The van der Waals surface area contributed by atoms with Crippen LogP contribution in [0, 0.1) is 11.3 Å². The van der Waals surface area contributed by atoms with Gasteiger partial charge >= 0.3 is 0 Å². The van der Waals surface area contributed by atoms with Crippen LogP contribution in [0.4, 0.5) is 0 Å². The molecule has 0 heterocycles. The summed E-state index contributed by atoms with van der Waals surface area (Å²) in [7, 11) is 0. The molecule has 4 heteroatoms. The summed E-state index contributed by atoms with van der Waals surface area (Å²) in [5.41, 5.74) is 6.24. The molecule has 1 aliphatic rings. The van der Waals surface area contributed by atoms with Gasteiger partial charge < -0.3 is 10.5 Å². The Morgan fingerprint density at radius 3 is 2.80 bits per heavy atom. The van der Waals surface area contributed by atoms with Crippen LogP contribution >= 0.6 is 15.9 Å². The number of hydrogen-bond acceptors (Lipinski definition) is 3. The summed E-state index contributed by atoms with van der Waals surface area (Å²) in [5.74, 6) is 0.642. The zero-order chi connectivity index (χ0) is 10.8. The molecule has 0 spiro atoms. The quantitative estimate of drug-likeness (QED) is 0.893. The molecule has 0 radical (unpaired) electrons. The molecule has 0 bridgehead atoms. The van der Waals surface area contributed by atoms with E-state index in [9.17, 15) is 0 Å². The lowest BCUT2D eigenvalue weighted by atomic mass is 9.90. The van der Waals surface area contributed by atoms with Crippen LogP contribution in [0.15, 0.2) is 22.7 Å². The Balaban J connectivity index is 2.13. The molecule has 78 valence electrons. The Hall–Kier alpha value is -1.05. The third-order valence-electron chi connectivity index (χ3n) is 2.49. The average Bonchev–Trinajstić information content (AvgIpc) is 2.16. The fourth-order valence-corrected chi connectivity index (χ4v) is 1.91. The van der Waals surface area contributed by atoms with Gasteiger partial charge in [-0.1, -0.05) is 15.9 Å². The summed E-state index contributed by atoms with van der Waals surface area (Å²) >= 11 is 3.35. The first kappa shape index (κ1) is 10.5. The molecular weight excluding hydrogens is 256 g/mol. The molecule has 1 saturated carbocycles. The standard InChI is InChI=1S/C11H11BrN2O/c12-8-2-1-7(6-13)11(3-8)15-10-4-9(14)5-10/h1-3,9-10H,4-5,14H2. The van der Waals surface area contributed by atoms with Crippen molar-refractivity contribution in [1.29, 1.82) is 5.26 Å². The van der Waals surface area contributed by atoms with Gasteiger partial charge in [0.25, 0.3) is 0 Å². The molecule has 0 atom stereocenters. The maximum Gasteiger partial charge on any atom is 0.138 e. The van der Waals surface area contributed by atoms with Gasteiger partial charge in [-0.15, -0.1) is 0 Å². The first-order chi connectivity index (χ1) is 7.19. The van der Waals surface area contributed by atoms with Crippen LogP contribution in [0.5, 0.6) is 5.75 Å². The summed E-state index contributed by atoms with van der Waals surface area (Å²) in [6.07, 6.45) is 1.91. The predicted molar refractivity (Wildman–Crippen MR) is 60.5 cm³/mol. The fourth-order valence-electron chi connectivity index (χ4n) is 1.57. The van der Waals surface area contributed by atoms with Crippen molar-refractivity contribution >= 4 is 15.9 Å². The first-order valence-electron chi connectivity index (χ1n) is 4.81. The van der Waals surface area contributed by atoms with Gasteiger partial charge in [-0.3, -0.25) is 0 Å². The van der Waals surface area contributed by atoms with E-state index in [0.29, 0.717) is 11.3 Å². The maximum absolute atomic E-state index is 8.89. The van der Waals surface area contributed by atoms with E-state index in [-0.39, 0.29) is 12.1 Å². The predicted octanol–water partition coefficient (Wildman–Crippen LogP) is 2.19. The molecule has 2 rings (SSSR count). The largest absolute Gasteiger partial charge is 0.489 e. The van der Waals surface area contributed by atoms with Gasteiger partial charge in [0.1, 0.15) is 17.9 Å². The molecule has 1 aromatic rings. The zero-order valence-corrected chi connectivity index (χ0v) is 9.70. The summed E-state index contributed by atoms with van der Waals surface area (Å²) < 4.78 is 6.61. The van der Waals surface area contributed by atoms with Gasteiger partial charge in [0.15, 0.2) is 0 Å². The van der Waals surface area contributed by atoms with Gasteiger partial charge in [-0.25, -0.2) is 0 Å². The van der Waals surface area contributed by atoms with Crippen molar-refractivity contribution < 1.29 is 4.74 Å². The van der Waals surface area contributed by atoms with Crippen LogP contribution in [0.3, 0.4) is 0 Å². The number of nitrogens with zero attached hydrogens (tertiary/aromatic N) is 1. The minimum atomic E-state index is 0.168. The van der Waals surface area contributed by atoms with Gasteiger partial charge in [-0.2, -0.15) is 5.26 Å². The molecule has 0 aromatic heterocycles. The molecule has 0 saturated heterocycles. The highest BCUT2D eigenvalue weighted by molar-refractivity contribution is 9.10. The van der Waals surface area contributed by atoms with E-state index in [1.807, 2.05) is 12.1 Å². The van der Waals surface area contributed by atoms with Crippen molar-refractivity contribution in [3.8, 4) is 11.8 Å². The van der Waals surface area contributed by atoms with Crippen LogP contribution in [-0.2, 0) is 0 Å². The van der Waals surface area contributed by atoms with Crippen LogP contribution < -0.4 is 10.5 Å². The van der Waals surface area contributed by atoms with E-state index < -0.39 is 0 Å². The van der Waals surface area contributed by atoms with Crippen molar-refractivity contribution in [2.45, 2.75) is 25.0 Å². The smallest absolute Gasteiger partial charge is 0.138 e. The molecule has 0 aliphatic heterocycles. The summed E-state index contributed by atoms with van der Waals surface area (Å²) in [6.45, 7) is 0. The SMILES string of the molecule is N#Cc1ccc(Br)cc1OC1CC(N)C1. The topological polar surface area (TPSA) is 59.0 Å². The second-order valence-corrected chi connectivity index (χ2v) is 4.64. The highest BCUT2D eigenvalue weighted by Gasteiger charge is 2.28. The Morgan fingerprint density at radius 2 is 2.20 bits per heavy atom. The molecule has 1 aliphatic carbocycles. The molecule has 1 fully saturated rings. The minimum Gasteiger partial charge on any atom is -0.489 e. The van der Waals surface area contributed by atoms with E-state index in [2.05, 4.69) is 22.0 Å². The number of halogens is 1. The van der Waals surface area contributed by atoms with E-state index in [4.69, 9.17) is 15.7 Å². The third kappa shape index (κ3) is 2.31. The Bertz CT molecular complexity index is 408. The molecular formula is C11H11BrN2O. The summed E-state index contributed by atoms with van der Waals surface area (Å²) in [6, 6.07) is 7.77. The number of hydrogen-bond donors (Lipinski definition) is 1. The van der Waals surface area contributed by atoms with Crippen molar-refractivity contribution in [3.05, 3.63) is 28.2 Å². The van der Waals surface area contributed by atoms with E-state index >= 15 is 0 Å². The fraction of sp³-hybridized carbons (Fsp3) is 0.364. The van der Waals surface area contributed by atoms with Crippen molar-refractivity contribution in [2.75, 3.05) is 0 Å². The lowest BCUT2D eigenvalue weighted by molar-refractivity contribution is 0.100. The molecule has 1 aromatic carbocycles. The first-order valence-corrected chi connectivity index (χ1v) is 5.60. The maximum atomic E-state index is 8.89. The van der Waals surface area contributed by atoms with Gasteiger partial charge in [0, 0.05) is 10.5 Å². The number of ether oxygens (including phenoxy) is 1. The third-order valence-corrected chi connectivity index (χ3v) is 2.98. The molecule has 3 nitrogen and oxygen atoms in total. The van der Waals surface area contributed by atoms with Crippen LogP contribution in [0.25, 0.3) is 0 Å². The Labute approximate surface area is 97.0 Å². The second-order valence-electron chi connectivity index (χ2n) is 3.72. The number of nitriles is 1. The van der Waals surface area contributed by atoms with Crippen LogP contribution in [-0.4, -0.2) is 12.1 Å². The highest BCUT2D eigenvalue weighted by Crippen LogP contribution is 2.29. The van der Waals surface area contributed by atoms with Gasteiger partial charge in [0.05, 0.1) is 5.56 Å². The van der Waals surface area contributed by atoms with Crippen molar-refractivity contribution in [2.24, 2.45) is 5.73 Å². The normalized spacial score (nSPS) is 24.1. The number of rotatable bonds is 2. The van der Waals surface area contributed by atoms with Crippen LogP contribution in [0.2, 0.25) is 0 Å².